The molecule has 0 aromatic carbocycles. The lowest BCUT2D eigenvalue weighted by Gasteiger charge is -2.22. The monoisotopic (exact) mass is 234 g/mol. The Morgan fingerprint density at radius 1 is 1.27 bits per heavy atom. The van der Waals surface area contributed by atoms with Crippen molar-refractivity contribution in [2.24, 2.45) is 0 Å². The molecule has 4 nitrogen and oxygen atoms in total. The zero-order chi connectivity index (χ0) is 11.1. The maximum Gasteiger partial charge on any atom is 0.334 e. The first kappa shape index (κ1) is 13.1. The summed E-state index contributed by atoms with van der Waals surface area (Å²) in [6, 6.07) is 0.986. The van der Waals surface area contributed by atoms with Crippen LogP contribution in [0.4, 0.5) is 0 Å². The fourth-order valence-corrected chi connectivity index (χ4v) is 2.70. The summed E-state index contributed by atoms with van der Waals surface area (Å²) in [5.74, 6) is 0. The first-order valence-corrected chi connectivity index (χ1v) is 8.02. The van der Waals surface area contributed by atoms with Crippen LogP contribution < -0.4 is 0 Å². The Balaban J connectivity index is 1.90. The van der Waals surface area contributed by atoms with Crippen molar-refractivity contribution in [3.05, 3.63) is 0 Å². The van der Waals surface area contributed by atoms with Gasteiger partial charge in [-0.05, 0) is 25.4 Å². The molecule has 0 spiro atoms. The van der Waals surface area contributed by atoms with E-state index in [1.54, 1.807) is 14.2 Å². The SMILES string of the molecule is CO[Si](C)(CCCOCCC1CO1)OC. The van der Waals surface area contributed by atoms with Crippen LogP contribution in [0.5, 0.6) is 0 Å². The molecule has 0 N–H and O–H groups in total. The van der Waals surface area contributed by atoms with Crippen LogP contribution in [-0.4, -0.2) is 48.7 Å². The van der Waals surface area contributed by atoms with Crippen molar-refractivity contribution < 1.29 is 18.3 Å². The van der Waals surface area contributed by atoms with Crippen LogP contribution in [0, 0.1) is 0 Å². The van der Waals surface area contributed by atoms with E-state index in [0.717, 1.165) is 38.7 Å². The molecule has 0 bridgehead atoms. The average molecular weight is 234 g/mol. The Kier molecular flexibility index (Phi) is 5.77. The van der Waals surface area contributed by atoms with Crippen molar-refractivity contribution in [1.82, 2.24) is 0 Å². The van der Waals surface area contributed by atoms with Crippen LogP contribution in [0.2, 0.25) is 12.6 Å². The van der Waals surface area contributed by atoms with Crippen molar-refractivity contribution in [3.63, 3.8) is 0 Å². The molecule has 0 aromatic rings. The highest BCUT2D eigenvalue weighted by Gasteiger charge is 2.27. The van der Waals surface area contributed by atoms with Gasteiger partial charge in [-0.25, -0.2) is 0 Å². The minimum atomic E-state index is -1.87. The minimum Gasteiger partial charge on any atom is -0.398 e. The molecule has 1 fully saturated rings. The van der Waals surface area contributed by atoms with E-state index in [2.05, 4.69) is 6.55 Å². The van der Waals surface area contributed by atoms with Gasteiger partial charge < -0.3 is 18.3 Å². The molecule has 0 aromatic heterocycles. The van der Waals surface area contributed by atoms with Crippen molar-refractivity contribution in [2.45, 2.75) is 31.5 Å². The van der Waals surface area contributed by atoms with Gasteiger partial charge in [-0.3, -0.25) is 0 Å². The molecular weight excluding hydrogens is 212 g/mol. The van der Waals surface area contributed by atoms with Crippen molar-refractivity contribution in [3.8, 4) is 0 Å². The van der Waals surface area contributed by atoms with Gasteiger partial charge in [0.05, 0.1) is 12.7 Å². The molecule has 5 heteroatoms. The summed E-state index contributed by atoms with van der Waals surface area (Å²) >= 11 is 0. The summed E-state index contributed by atoms with van der Waals surface area (Å²) in [6.45, 7) is 4.59. The van der Waals surface area contributed by atoms with E-state index in [1.807, 2.05) is 0 Å². The predicted molar refractivity (Wildman–Crippen MR) is 60.2 cm³/mol. The zero-order valence-corrected chi connectivity index (χ0v) is 11.0. The number of rotatable bonds is 9. The number of hydrogen-bond donors (Lipinski definition) is 0. The first-order valence-electron chi connectivity index (χ1n) is 5.50. The summed E-state index contributed by atoms with van der Waals surface area (Å²) in [6.07, 6.45) is 2.52. The van der Waals surface area contributed by atoms with Crippen LogP contribution in [0.1, 0.15) is 12.8 Å². The molecule has 1 atom stereocenters. The lowest BCUT2D eigenvalue weighted by molar-refractivity contribution is 0.123. The van der Waals surface area contributed by atoms with E-state index >= 15 is 0 Å². The van der Waals surface area contributed by atoms with Crippen molar-refractivity contribution in [2.75, 3.05) is 34.0 Å². The molecule has 1 rings (SSSR count). The normalized spacial score (nSPS) is 20.6. The van der Waals surface area contributed by atoms with Crippen LogP contribution in [-0.2, 0) is 18.3 Å². The van der Waals surface area contributed by atoms with E-state index in [4.69, 9.17) is 18.3 Å². The van der Waals surface area contributed by atoms with Gasteiger partial charge in [0.1, 0.15) is 0 Å². The molecule has 1 saturated heterocycles. The molecule has 0 radical (unpaired) electrons. The number of epoxide rings is 1. The molecule has 15 heavy (non-hydrogen) atoms. The van der Waals surface area contributed by atoms with Crippen molar-refractivity contribution >= 4 is 8.56 Å². The van der Waals surface area contributed by atoms with E-state index in [0.29, 0.717) is 6.10 Å². The van der Waals surface area contributed by atoms with Gasteiger partial charge in [0, 0.05) is 27.4 Å². The van der Waals surface area contributed by atoms with E-state index in [-0.39, 0.29) is 0 Å². The van der Waals surface area contributed by atoms with Crippen molar-refractivity contribution in [1.29, 1.82) is 0 Å². The lowest BCUT2D eigenvalue weighted by Crippen LogP contribution is -2.36. The number of ether oxygens (including phenoxy) is 2. The maximum atomic E-state index is 5.50. The van der Waals surface area contributed by atoms with Gasteiger partial charge in [-0.15, -0.1) is 0 Å². The first-order chi connectivity index (χ1) is 7.20. The van der Waals surface area contributed by atoms with Crippen LogP contribution >= 0.6 is 0 Å². The summed E-state index contributed by atoms with van der Waals surface area (Å²) in [4.78, 5) is 0. The van der Waals surface area contributed by atoms with E-state index in [1.165, 1.54) is 0 Å². The highest BCUT2D eigenvalue weighted by Crippen LogP contribution is 2.15. The van der Waals surface area contributed by atoms with Gasteiger partial charge in [0.2, 0.25) is 0 Å². The Labute approximate surface area is 93.1 Å². The minimum absolute atomic E-state index is 0.475. The fourth-order valence-electron chi connectivity index (χ4n) is 1.33. The Morgan fingerprint density at radius 2 is 1.93 bits per heavy atom. The van der Waals surface area contributed by atoms with Crippen LogP contribution in [0.25, 0.3) is 0 Å². The molecule has 1 unspecified atom stereocenters. The second-order valence-corrected chi connectivity index (χ2v) is 7.59. The summed E-state index contributed by atoms with van der Waals surface area (Å²) in [5.41, 5.74) is 0. The Hall–Kier alpha value is 0.0569. The molecule has 90 valence electrons. The predicted octanol–water partition coefficient (Wildman–Crippen LogP) is 1.55. The van der Waals surface area contributed by atoms with Gasteiger partial charge in [-0.1, -0.05) is 0 Å². The van der Waals surface area contributed by atoms with Crippen LogP contribution in [0.3, 0.4) is 0 Å². The smallest absolute Gasteiger partial charge is 0.334 e. The van der Waals surface area contributed by atoms with Gasteiger partial charge in [0.15, 0.2) is 0 Å². The molecular formula is C10H22O4Si. The third-order valence-corrected chi connectivity index (χ3v) is 5.76. The largest absolute Gasteiger partial charge is 0.398 e. The van der Waals surface area contributed by atoms with Crippen LogP contribution in [0.15, 0.2) is 0 Å². The fraction of sp³-hybridized carbons (Fsp3) is 1.00. The van der Waals surface area contributed by atoms with Gasteiger partial charge in [-0.2, -0.15) is 0 Å². The Bertz CT molecular complexity index is 169. The molecule has 0 saturated carbocycles. The van der Waals surface area contributed by atoms with Gasteiger partial charge >= 0.3 is 8.56 Å². The zero-order valence-electron chi connectivity index (χ0n) is 9.95. The molecule has 0 aliphatic carbocycles. The molecule has 1 aliphatic rings. The average Bonchev–Trinajstić information content (AvgIpc) is 3.06. The molecule has 0 amide bonds. The topological polar surface area (TPSA) is 40.2 Å². The quantitative estimate of drug-likeness (QED) is 0.345. The number of hydrogen-bond acceptors (Lipinski definition) is 4. The maximum absolute atomic E-state index is 5.50. The third-order valence-electron chi connectivity index (χ3n) is 2.77. The highest BCUT2D eigenvalue weighted by atomic mass is 28.4. The summed E-state index contributed by atoms with van der Waals surface area (Å²) < 4.78 is 21.4. The highest BCUT2D eigenvalue weighted by molar-refractivity contribution is 6.65. The van der Waals surface area contributed by atoms with E-state index in [9.17, 15) is 0 Å². The van der Waals surface area contributed by atoms with Gasteiger partial charge in [0.25, 0.3) is 0 Å². The molecule has 1 aliphatic heterocycles. The second kappa shape index (κ2) is 6.60. The molecule has 1 heterocycles. The third kappa shape index (κ3) is 5.63. The summed E-state index contributed by atoms with van der Waals surface area (Å²) in [7, 11) is 1.57. The summed E-state index contributed by atoms with van der Waals surface area (Å²) in [5, 5.41) is 0. The lowest BCUT2D eigenvalue weighted by atomic mass is 10.3. The Morgan fingerprint density at radius 3 is 2.47 bits per heavy atom. The van der Waals surface area contributed by atoms with E-state index < -0.39 is 8.56 Å². The second-order valence-electron chi connectivity index (χ2n) is 4.00. The standard InChI is InChI=1S/C10H22O4Si/c1-11-15(3,12-2)8-4-6-13-7-5-10-9-14-10/h10H,4-9H2,1-3H3.